The Morgan fingerprint density at radius 3 is 2.75 bits per heavy atom. The van der Waals surface area contributed by atoms with Crippen LogP contribution in [-0.4, -0.2) is 23.6 Å². The van der Waals surface area contributed by atoms with Crippen molar-refractivity contribution in [2.75, 3.05) is 13.6 Å². The third-order valence-electron chi connectivity index (χ3n) is 2.46. The summed E-state index contributed by atoms with van der Waals surface area (Å²) in [4.78, 5) is 7.37. The maximum Gasteiger partial charge on any atom is 0.123 e. The summed E-state index contributed by atoms with van der Waals surface area (Å²) >= 11 is 0. The highest BCUT2D eigenvalue weighted by Crippen LogP contribution is 2.20. The summed E-state index contributed by atoms with van der Waals surface area (Å²) in [6.07, 6.45) is 2.55. The summed E-state index contributed by atoms with van der Waals surface area (Å²) < 4.78 is 12.8. The second-order valence-electron chi connectivity index (χ2n) is 3.59. The van der Waals surface area contributed by atoms with Gasteiger partial charge in [0.15, 0.2) is 0 Å². The van der Waals surface area contributed by atoms with Gasteiger partial charge in [-0.3, -0.25) is 0 Å². The van der Waals surface area contributed by atoms with Crippen molar-refractivity contribution < 1.29 is 4.39 Å². The fraction of sp³-hybridized carbons (Fsp3) is 0.250. The van der Waals surface area contributed by atoms with E-state index in [1.54, 1.807) is 18.5 Å². The van der Waals surface area contributed by atoms with Gasteiger partial charge in [0.1, 0.15) is 5.82 Å². The van der Waals surface area contributed by atoms with Crippen LogP contribution in [0.15, 0.2) is 30.6 Å². The van der Waals surface area contributed by atoms with Crippen molar-refractivity contribution in [1.82, 2.24) is 15.3 Å². The van der Waals surface area contributed by atoms with Gasteiger partial charge in [-0.1, -0.05) is 0 Å². The predicted molar refractivity (Wildman–Crippen MR) is 61.6 cm³/mol. The van der Waals surface area contributed by atoms with E-state index in [2.05, 4.69) is 15.3 Å². The lowest BCUT2D eigenvalue weighted by Crippen LogP contribution is -2.11. The average Bonchev–Trinajstić information content (AvgIpc) is 2.75. The normalized spacial score (nSPS) is 10.6. The van der Waals surface area contributed by atoms with Crippen LogP contribution < -0.4 is 5.32 Å². The van der Waals surface area contributed by atoms with E-state index in [1.165, 1.54) is 12.1 Å². The zero-order valence-electron chi connectivity index (χ0n) is 9.13. The monoisotopic (exact) mass is 219 g/mol. The van der Waals surface area contributed by atoms with Crippen molar-refractivity contribution in [3.8, 4) is 11.3 Å². The van der Waals surface area contributed by atoms with Crippen LogP contribution in [0, 0.1) is 5.82 Å². The molecule has 3 nitrogen and oxygen atoms in total. The number of imidazole rings is 1. The van der Waals surface area contributed by atoms with Gasteiger partial charge in [0.05, 0.1) is 12.0 Å². The fourth-order valence-corrected chi connectivity index (χ4v) is 1.62. The van der Waals surface area contributed by atoms with Crippen LogP contribution in [0.5, 0.6) is 0 Å². The van der Waals surface area contributed by atoms with Crippen LogP contribution in [0.25, 0.3) is 11.3 Å². The van der Waals surface area contributed by atoms with E-state index in [9.17, 15) is 4.39 Å². The Morgan fingerprint density at radius 2 is 2.06 bits per heavy atom. The molecule has 84 valence electrons. The maximum atomic E-state index is 12.8. The van der Waals surface area contributed by atoms with E-state index in [4.69, 9.17) is 0 Å². The molecule has 0 aliphatic carbocycles. The first kappa shape index (κ1) is 10.8. The molecule has 1 aromatic heterocycles. The SMILES string of the molecule is CNCCc1[nH]cnc1-c1ccc(F)cc1. The number of benzene rings is 1. The van der Waals surface area contributed by atoms with Crippen LogP contribution >= 0.6 is 0 Å². The number of rotatable bonds is 4. The lowest BCUT2D eigenvalue weighted by atomic mass is 10.1. The molecule has 1 aromatic carbocycles. The lowest BCUT2D eigenvalue weighted by Gasteiger charge is -2.02. The smallest absolute Gasteiger partial charge is 0.123 e. The zero-order valence-corrected chi connectivity index (χ0v) is 9.13. The van der Waals surface area contributed by atoms with Crippen molar-refractivity contribution in [2.45, 2.75) is 6.42 Å². The molecule has 0 unspecified atom stereocenters. The highest BCUT2D eigenvalue weighted by Gasteiger charge is 2.07. The number of hydrogen-bond donors (Lipinski definition) is 2. The first-order valence-electron chi connectivity index (χ1n) is 5.24. The molecule has 0 saturated heterocycles. The molecule has 0 aliphatic rings. The predicted octanol–water partition coefficient (Wildman–Crippen LogP) is 1.98. The molecule has 16 heavy (non-hydrogen) atoms. The van der Waals surface area contributed by atoms with Gasteiger partial charge in [-0.15, -0.1) is 0 Å². The Labute approximate surface area is 93.7 Å². The van der Waals surface area contributed by atoms with Gasteiger partial charge in [0, 0.05) is 24.2 Å². The quantitative estimate of drug-likeness (QED) is 0.825. The first-order valence-corrected chi connectivity index (χ1v) is 5.24. The second-order valence-corrected chi connectivity index (χ2v) is 3.59. The van der Waals surface area contributed by atoms with Gasteiger partial charge < -0.3 is 10.3 Å². The molecule has 0 radical (unpaired) electrons. The van der Waals surface area contributed by atoms with Crippen LogP contribution in [0.4, 0.5) is 4.39 Å². The fourth-order valence-electron chi connectivity index (χ4n) is 1.62. The van der Waals surface area contributed by atoms with E-state index < -0.39 is 0 Å². The minimum Gasteiger partial charge on any atom is -0.348 e. The molecule has 0 saturated carbocycles. The van der Waals surface area contributed by atoms with Gasteiger partial charge in [0.2, 0.25) is 0 Å². The summed E-state index contributed by atoms with van der Waals surface area (Å²) in [5.41, 5.74) is 2.91. The van der Waals surface area contributed by atoms with Gasteiger partial charge >= 0.3 is 0 Å². The minimum atomic E-state index is -0.226. The van der Waals surface area contributed by atoms with Crippen LogP contribution in [0.2, 0.25) is 0 Å². The summed E-state index contributed by atoms with van der Waals surface area (Å²) in [6.45, 7) is 0.885. The Bertz CT molecular complexity index is 448. The van der Waals surface area contributed by atoms with E-state index >= 15 is 0 Å². The number of aromatic nitrogens is 2. The average molecular weight is 219 g/mol. The number of nitrogens with zero attached hydrogens (tertiary/aromatic N) is 1. The Kier molecular flexibility index (Phi) is 3.31. The molecule has 2 rings (SSSR count). The van der Waals surface area contributed by atoms with Crippen molar-refractivity contribution in [1.29, 1.82) is 0 Å². The van der Waals surface area contributed by atoms with Crippen molar-refractivity contribution in [3.63, 3.8) is 0 Å². The number of hydrogen-bond acceptors (Lipinski definition) is 2. The Morgan fingerprint density at radius 1 is 1.31 bits per heavy atom. The zero-order chi connectivity index (χ0) is 11.4. The molecular weight excluding hydrogens is 205 g/mol. The second kappa shape index (κ2) is 4.90. The van der Waals surface area contributed by atoms with Crippen molar-refractivity contribution in [2.24, 2.45) is 0 Å². The highest BCUT2D eigenvalue weighted by molar-refractivity contribution is 5.61. The van der Waals surface area contributed by atoms with Crippen LogP contribution in [-0.2, 0) is 6.42 Å². The van der Waals surface area contributed by atoms with Crippen molar-refractivity contribution >= 4 is 0 Å². The number of likely N-dealkylation sites (N-methyl/N-ethyl adjacent to an activating group) is 1. The molecule has 4 heteroatoms. The van der Waals surface area contributed by atoms with E-state index in [1.807, 2.05) is 7.05 Å². The number of H-pyrrole nitrogens is 1. The minimum absolute atomic E-state index is 0.226. The molecular formula is C12H14FN3. The lowest BCUT2D eigenvalue weighted by molar-refractivity contribution is 0.628. The van der Waals surface area contributed by atoms with Gasteiger partial charge in [-0.2, -0.15) is 0 Å². The molecule has 0 amide bonds. The highest BCUT2D eigenvalue weighted by atomic mass is 19.1. The molecule has 2 aromatic rings. The van der Waals surface area contributed by atoms with E-state index in [0.29, 0.717) is 0 Å². The van der Waals surface area contributed by atoms with Gasteiger partial charge in [-0.25, -0.2) is 9.37 Å². The standard InChI is InChI=1S/C12H14FN3/c1-14-7-6-11-12(16-8-15-11)9-2-4-10(13)5-3-9/h2-5,8,14H,6-7H2,1H3,(H,15,16). The summed E-state index contributed by atoms with van der Waals surface area (Å²) in [7, 11) is 1.91. The number of nitrogens with one attached hydrogen (secondary N) is 2. The number of halogens is 1. The molecule has 0 fully saturated rings. The summed E-state index contributed by atoms with van der Waals surface area (Å²) in [5, 5.41) is 3.09. The largest absolute Gasteiger partial charge is 0.348 e. The first-order chi connectivity index (χ1) is 7.81. The molecule has 2 N–H and O–H groups in total. The Balaban J connectivity index is 2.26. The van der Waals surface area contributed by atoms with Gasteiger partial charge in [0.25, 0.3) is 0 Å². The summed E-state index contributed by atoms with van der Waals surface area (Å²) in [5.74, 6) is -0.226. The number of aromatic amines is 1. The van der Waals surface area contributed by atoms with E-state index in [-0.39, 0.29) is 5.82 Å². The van der Waals surface area contributed by atoms with Gasteiger partial charge in [-0.05, 0) is 31.3 Å². The molecule has 0 aliphatic heterocycles. The molecule has 0 spiro atoms. The van der Waals surface area contributed by atoms with Crippen LogP contribution in [0.1, 0.15) is 5.69 Å². The topological polar surface area (TPSA) is 40.7 Å². The van der Waals surface area contributed by atoms with E-state index in [0.717, 1.165) is 29.9 Å². The third kappa shape index (κ3) is 2.28. The molecule has 0 bridgehead atoms. The van der Waals surface area contributed by atoms with Crippen molar-refractivity contribution in [3.05, 3.63) is 42.1 Å². The molecule has 1 heterocycles. The van der Waals surface area contributed by atoms with Crippen LogP contribution in [0.3, 0.4) is 0 Å². The Hall–Kier alpha value is -1.68. The molecule has 0 atom stereocenters. The maximum absolute atomic E-state index is 12.8. The third-order valence-corrected chi connectivity index (χ3v) is 2.46. The summed E-state index contributed by atoms with van der Waals surface area (Å²) in [6, 6.07) is 6.39.